The zero-order valence-electron chi connectivity index (χ0n) is 16.9. The molecule has 0 radical (unpaired) electrons. The molecule has 3 rings (SSSR count). The lowest BCUT2D eigenvalue weighted by Crippen LogP contribution is -2.15. The minimum atomic E-state index is -2.61. The predicted octanol–water partition coefficient (Wildman–Crippen LogP) is 5.88. The molecule has 0 aromatic heterocycles. The van der Waals surface area contributed by atoms with Gasteiger partial charge in [0.15, 0.2) is 0 Å². The van der Waals surface area contributed by atoms with Crippen LogP contribution in [0.15, 0.2) is 40.9 Å². The monoisotopic (exact) mass is 320 g/mol. The Hall–Kier alpha value is -1.08. The molecule has 2 aromatic carbocycles. The molecule has 1 heteroatoms. The lowest BCUT2D eigenvalue weighted by molar-refractivity contribution is 0.657. The molecule has 1 aliphatic rings. The lowest BCUT2D eigenvalue weighted by atomic mass is 9.81. The summed E-state index contributed by atoms with van der Waals surface area (Å²) in [6.07, 6.45) is 0. The molecule has 1 aliphatic carbocycles. The zero-order chi connectivity index (χ0) is 18.8. The van der Waals surface area contributed by atoms with Crippen molar-refractivity contribution in [1.82, 2.24) is 0 Å². The highest BCUT2D eigenvalue weighted by Crippen LogP contribution is 2.50. The lowest BCUT2D eigenvalue weighted by Gasteiger charge is -2.23. The van der Waals surface area contributed by atoms with Crippen molar-refractivity contribution in [3.8, 4) is 11.1 Å². The summed E-state index contributed by atoms with van der Waals surface area (Å²) in [7, 11) is 0. The standard InChI is InChI=1S/C18H19Br/c1-11(2)13-9-16-14(10-17(13)19)12-7-5-6-8-15(12)18(16,3)4/h5-11H,1-4H3/i1D3,2D3. The predicted molar refractivity (Wildman–Crippen MR) is 85.8 cm³/mol. The van der Waals surface area contributed by atoms with Crippen LogP contribution in [-0.4, -0.2) is 0 Å². The second kappa shape index (κ2) is 4.21. The van der Waals surface area contributed by atoms with E-state index in [1.807, 2.05) is 24.3 Å². The van der Waals surface area contributed by atoms with Gasteiger partial charge in [-0.1, -0.05) is 73.8 Å². The van der Waals surface area contributed by atoms with Crippen molar-refractivity contribution in [2.75, 3.05) is 0 Å². The van der Waals surface area contributed by atoms with Crippen molar-refractivity contribution < 1.29 is 8.22 Å². The summed E-state index contributed by atoms with van der Waals surface area (Å²) in [5, 5.41) is 0. The fourth-order valence-corrected chi connectivity index (χ4v) is 3.53. The topological polar surface area (TPSA) is 0 Å². The van der Waals surface area contributed by atoms with Crippen LogP contribution in [0.5, 0.6) is 0 Å². The van der Waals surface area contributed by atoms with Crippen LogP contribution < -0.4 is 0 Å². The largest absolute Gasteiger partial charge is 0.0619 e. The average molecular weight is 321 g/mol. The molecule has 0 saturated heterocycles. The number of fused-ring (bicyclic) bond motifs is 3. The molecular formula is C18H19Br. The fourth-order valence-electron chi connectivity index (χ4n) is 2.96. The Morgan fingerprint density at radius 1 is 1.05 bits per heavy atom. The van der Waals surface area contributed by atoms with Crippen LogP contribution in [0.25, 0.3) is 11.1 Å². The number of hydrogen-bond donors (Lipinski definition) is 0. The van der Waals surface area contributed by atoms with E-state index in [2.05, 4.69) is 35.8 Å². The molecule has 19 heavy (non-hydrogen) atoms. The maximum atomic E-state index is 7.76. The molecule has 0 aliphatic heterocycles. The van der Waals surface area contributed by atoms with Gasteiger partial charge in [-0.3, -0.25) is 0 Å². The molecule has 0 atom stereocenters. The van der Waals surface area contributed by atoms with Gasteiger partial charge in [-0.15, -0.1) is 0 Å². The van der Waals surface area contributed by atoms with Crippen LogP contribution in [0, 0.1) is 0 Å². The molecule has 0 N–H and O–H groups in total. The highest BCUT2D eigenvalue weighted by molar-refractivity contribution is 9.10. The molecule has 0 bridgehead atoms. The minimum Gasteiger partial charge on any atom is -0.0619 e. The van der Waals surface area contributed by atoms with Gasteiger partial charge in [0.2, 0.25) is 0 Å². The summed E-state index contributed by atoms with van der Waals surface area (Å²) in [6.45, 7) is -1.07. The Labute approximate surface area is 132 Å². The molecule has 0 spiro atoms. The highest BCUT2D eigenvalue weighted by atomic mass is 79.9. The van der Waals surface area contributed by atoms with Gasteiger partial charge in [0.05, 0.1) is 0 Å². The van der Waals surface area contributed by atoms with E-state index in [-0.39, 0.29) is 5.41 Å². The van der Waals surface area contributed by atoms with Crippen LogP contribution in [0.4, 0.5) is 0 Å². The normalized spacial score (nSPS) is 21.5. The second-order valence-corrected chi connectivity index (χ2v) is 6.38. The first-order valence-electron chi connectivity index (χ1n) is 9.29. The summed E-state index contributed by atoms with van der Waals surface area (Å²) in [4.78, 5) is 0. The summed E-state index contributed by atoms with van der Waals surface area (Å²) in [5.74, 6) is -1.53. The van der Waals surface area contributed by atoms with E-state index in [4.69, 9.17) is 8.22 Å². The van der Waals surface area contributed by atoms with Gasteiger partial charge in [-0.25, -0.2) is 0 Å². The Kier molecular flexibility index (Phi) is 1.69. The Morgan fingerprint density at radius 3 is 2.53 bits per heavy atom. The zero-order valence-corrected chi connectivity index (χ0v) is 12.5. The van der Waals surface area contributed by atoms with E-state index in [0.29, 0.717) is 10.0 Å². The average Bonchev–Trinajstić information content (AvgIpc) is 2.66. The third-order valence-corrected chi connectivity index (χ3v) is 4.70. The Balaban J connectivity index is 2.27. The van der Waals surface area contributed by atoms with E-state index < -0.39 is 19.6 Å². The maximum Gasteiger partial charge on any atom is 0.0236 e. The molecular weight excluding hydrogens is 296 g/mol. The molecule has 0 nitrogen and oxygen atoms in total. The van der Waals surface area contributed by atoms with E-state index in [0.717, 1.165) is 22.3 Å². The number of halogens is 1. The van der Waals surface area contributed by atoms with E-state index in [1.54, 1.807) is 6.07 Å². The van der Waals surface area contributed by atoms with Gasteiger partial charge < -0.3 is 0 Å². The van der Waals surface area contributed by atoms with Crippen LogP contribution in [0.3, 0.4) is 0 Å². The second-order valence-electron chi connectivity index (χ2n) is 5.52. The fraction of sp³-hybridized carbons (Fsp3) is 0.333. The minimum absolute atomic E-state index is 0.310. The molecule has 0 heterocycles. The van der Waals surface area contributed by atoms with Crippen LogP contribution in [0.1, 0.15) is 58.4 Å². The van der Waals surface area contributed by atoms with Gasteiger partial charge in [0.25, 0.3) is 0 Å². The first-order chi connectivity index (χ1) is 11.3. The molecule has 0 fully saturated rings. The van der Waals surface area contributed by atoms with Gasteiger partial charge in [0.1, 0.15) is 0 Å². The number of hydrogen-bond acceptors (Lipinski definition) is 0. The summed E-state index contributed by atoms with van der Waals surface area (Å²) < 4.78 is 47.1. The van der Waals surface area contributed by atoms with E-state index >= 15 is 0 Å². The third kappa shape index (κ3) is 1.79. The molecule has 0 amide bonds. The molecule has 98 valence electrons. The highest BCUT2D eigenvalue weighted by Gasteiger charge is 2.35. The Bertz CT molecular complexity index is 818. The number of benzene rings is 2. The SMILES string of the molecule is [2H]C([2H])([2H])C(c1cc2c(cc1Br)-c1ccccc1C2(C)C)C([2H])([2H])[2H]. The van der Waals surface area contributed by atoms with E-state index in [9.17, 15) is 0 Å². The first-order valence-corrected chi connectivity index (χ1v) is 7.08. The summed E-state index contributed by atoms with van der Waals surface area (Å²) >= 11 is 3.42. The van der Waals surface area contributed by atoms with Crippen LogP contribution in [-0.2, 0) is 5.41 Å². The summed E-state index contributed by atoms with van der Waals surface area (Å²) in [6, 6.07) is 11.7. The van der Waals surface area contributed by atoms with Crippen molar-refractivity contribution in [2.45, 2.75) is 38.9 Å². The Morgan fingerprint density at radius 2 is 1.79 bits per heavy atom. The maximum absolute atomic E-state index is 7.76. The molecule has 0 unspecified atom stereocenters. The first kappa shape index (κ1) is 7.64. The van der Waals surface area contributed by atoms with Gasteiger partial charge in [-0.2, -0.15) is 0 Å². The third-order valence-electron chi connectivity index (χ3n) is 4.01. The van der Waals surface area contributed by atoms with Crippen LogP contribution in [0.2, 0.25) is 0 Å². The van der Waals surface area contributed by atoms with Gasteiger partial charge in [-0.05, 0) is 39.8 Å². The van der Waals surface area contributed by atoms with Crippen molar-refractivity contribution in [2.24, 2.45) is 0 Å². The van der Waals surface area contributed by atoms with Crippen molar-refractivity contribution in [1.29, 1.82) is 0 Å². The quantitative estimate of drug-likeness (QED) is 0.615. The molecule has 2 aromatic rings. The van der Waals surface area contributed by atoms with Gasteiger partial charge in [0, 0.05) is 18.1 Å². The van der Waals surface area contributed by atoms with Crippen molar-refractivity contribution in [3.63, 3.8) is 0 Å². The van der Waals surface area contributed by atoms with E-state index in [1.165, 1.54) is 0 Å². The van der Waals surface area contributed by atoms with Crippen molar-refractivity contribution in [3.05, 3.63) is 57.6 Å². The number of rotatable bonds is 1. The van der Waals surface area contributed by atoms with Gasteiger partial charge >= 0.3 is 0 Å². The van der Waals surface area contributed by atoms with Crippen LogP contribution >= 0.6 is 15.9 Å². The summed E-state index contributed by atoms with van der Waals surface area (Å²) in [5.41, 5.74) is 4.26. The molecule has 0 saturated carbocycles. The smallest absolute Gasteiger partial charge is 0.0236 e. The van der Waals surface area contributed by atoms with Crippen molar-refractivity contribution >= 4 is 15.9 Å².